The lowest BCUT2D eigenvalue weighted by Gasteiger charge is -2.28. The molecule has 1 atom stereocenters. The van der Waals surface area contributed by atoms with Crippen LogP contribution in [0, 0.1) is 10.1 Å². The SMILES string of the molecule is COc1ccc(CN(C2CC2)[C@@H](C)C(=O)Nc2ccccc2[N+](=O)[O-])cc1. The minimum Gasteiger partial charge on any atom is -0.497 e. The second-order valence-corrected chi connectivity index (χ2v) is 6.69. The van der Waals surface area contributed by atoms with Crippen LogP contribution in [0.25, 0.3) is 0 Å². The number of amides is 1. The zero-order valence-corrected chi connectivity index (χ0v) is 15.4. The van der Waals surface area contributed by atoms with Crippen LogP contribution in [-0.4, -0.2) is 34.9 Å². The topological polar surface area (TPSA) is 84.7 Å². The van der Waals surface area contributed by atoms with Gasteiger partial charge in [-0.2, -0.15) is 0 Å². The highest BCUT2D eigenvalue weighted by Gasteiger charge is 2.35. The third-order valence-electron chi connectivity index (χ3n) is 4.78. The quantitative estimate of drug-likeness (QED) is 0.568. The van der Waals surface area contributed by atoms with Crippen LogP contribution in [0.3, 0.4) is 0 Å². The number of ether oxygens (including phenoxy) is 1. The zero-order chi connectivity index (χ0) is 19.4. The maximum Gasteiger partial charge on any atom is 0.292 e. The molecule has 7 heteroatoms. The monoisotopic (exact) mass is 369 g/mol. The van der Waals surface area contributed by atoms with E-state index in [0.717, 1.165) is 24.2 Å². The van der Waals surface area contributed by atoms with Gasteiger partial charge in [-0.15, -0.1) is 0 Å². The first-order chi connectivity index (χ1) is 13.0. The van der Waals surface area contributed by atoms with Crippen molar-refractivity contribution in [3.63, 3.8) is 0 Å². The Balaban J connectivity index is 1.72. The molecule has 1 saturated carbocycles. The highest BCUT2D eigenvalue weighted by Crippen LogP contribution is 2.31. The summed E-state index contributed by atoms with van der Waals surface area (Å²) in [6, 6.07) is 13.9. The van der Waals surface area contributed by atoms with Gasteiger partial charge >= 0.3 is 0 Å². The molecule has 0 spiro atoms. The number of benzene rings is 2. The fraction of sp³-hybridized carbons (Fsp3) is 0.350. The second-order valence-electron chi connectivity index (χ2n) is 6.69. The van der Waals surface area contributed by atoms with Crippen LogP contribution in [-0.2, 0) is 11.3 Å². The van der Waals surface area contributed by atoms with Crippen molar-refractivity contribution in [3.8, 4) is 5.75 Å². The van der Waals surface area contributed by atoms with Crippen LogP contribution >= 0.6 is 0 Å². The van der Waals surface area contributed by atoms with E-state index in [0.29, 0.717) is 12.6 Å². The third-order valence-corrected chi connectivity index (χ3v) is 4.78. The molecule has 0 unspecified atom stereocenters. The van der Waals surface area contributed by atoms with Crippen LogP contribution in [0.15, 0.2) is 48.5 Å². The lowest BCUT2D eigenvalue weighted by molar-refractivity contribution is -0.383. The summed E-state index contributed by atoms with van der Waals surface area (Å²) in [6.07, 6.45) is 2.11. The lowest BCUT2D eigenvalue weighted by atomic mass is 10.1. The molecule has 0 bridgehead atoms. The van der Waals surface area contributed by atoms with Gasteiger partial charge in [0.2, 0.25) is 5.91 Å². The minimum atomic E-state index is -0.490. The number of carbonyl (C=O) groups is 1. The number of nitro groups is 1. The van der Waals surface area contributed by atoms with E-state index in [-0.39, 0.29) is 17.3 Å². The van der Waals surface area contributed by atoms with Gasteiger partial charge in [-0.25, -0.2) is 0 Å². The Morgan fingerprint density at radius 1 is 1.26 bits per heavy atom. The van der Waals surface area contributed by atoms with Gasteiger partial charge in [0.25, 0.3) is 5.69 Å². The normalized spacial score (nSPS) is 14.6. The minimum absolute atomic E-state index is 0.105. The first-order valence-corrected chi connectivity index (χ1v) is 8.92. The van der Waals surface area contributed by atoms with Crippen molar-refractivity contribution in [2.24, 2.45) is 0 Å². The van der Waals surface area contributed by atoms with Crippen molar-refractivity contribution in [1.82, 2.24) is 4.90 Å². The summed E-state index contributed by atoms with van der Waals surface area (Å²) < 4.78 is 5.18. The van der Waals surface area contributed by atoms with Crippen molar-refractivity contribution in [1.29, 1.82) is 0 Å². The van der Waals surface area contributed by atoms with E-state index >= 15 is 0 Å². The van der Waals surface area contributed by atoms with Crippen LogP contribution in [0.1, 0.15) is 25.3 Å². The predicted octanol–water partition coefficient (Wildman–Crippen LogP) is 3.60. The maximum absolute atomic E-state index is 12.8. The van der Waals surface area contributed by atoms with Gasteiger partial charge in [0.15, 0.2) is 0 Å². The highest BCUT2D eigenvalue weighted by molar-refractivity contribution is 5.96. The number of carbonyl (C=O) groups excluding carboxylic acids is 1. The molecule has 27 heavy (non-hydrogen) atoms. The Morgan fingerprint density at radius 3 is 2.52 bits per heavy atom. The van der Waals surface area contributed by atoms with E-state index < -0.39 is 11.0 Å². The third kappa shape index (κ3) is 4.62. The molecule has 0 aliphatic heterocycles. The fourth-order valence-corrected chi connectivity index (χ4v) is 3.06. The Kier molecular flexibility index (Phi) is 5.71. The van der Waals surface area contributed by atoms with E-state index in [1.54, 1.807) is 25.3 Å². The van der Waals surface area contributed by atoms with Crippen LogP contribution < -0.4 is 10.1 Å². The number of anilines is 1. The molecule has 3 rings (SSSR count). The summed E-state index contributed by atoms with van der Waals surface area (Å²) in [5, 5.41) is 13.9. The Morgan fingerprint density at radius 2 is 1.93 bits per heavy atom. The Bertz CT molecular complexity index is 818. The van der Waals surface area contributed by atoms with Crippen molar-refractivity contribution in [3.05, 3.63) is 64.2 Å². The first-order valence-electron chi connectivity index (χ1n) is 8.92. The average Bonchev–Trinajstić information content (AvgIpc) is 3.51. The predicted molar refractivity (Wildman–Crippen MR) is 103 cm³/mol. The summed E-state index contributed by atoms with van der Waals surface area (Å²) in [6.45, 7) is 2.48. The van der Waals surface area contributed by atoms with E-state index in [1.807, 2.05) is 31.2 Å². The molecule has 1 amide bonds. The number of nitro benzene ring substituents is 1. The summed E-state index contributed by atoms with van der Waals surface area (Å²) in [4.78, 5) is 25.6. The molecule has 1 aliphatic rings. The first kappa shape index (κ1) is 18.8. The second kappa shape index (κ2) is 8.18. The molecule has 0 saturated heterocycles. The highest BCUT2D eigenvalue weighted by atomic mass is 16.6. The van der Waals surface area contributed by atoms with E-state index in [4.69, 9.17) is 4.74 Å². The van der Waals surface area contributed by atoms with Crippen LogP contribution in [0.5, 0.6) is 5.75 Å². The molecule has 142 valence electrons. The smallest absolute Gasteiger partial charge is 0.292 e. The maximum atomic E-state index is 12.8. The van der Waals surface area contributed by atoms with Gasteiger partial charge in [-0.05, 0) is 43.5 Å². The van der Waals surface area contributed by atoms with E-state index in [2.05, 4.69) is 10.2 Å². The number of nitrogens with zero attached hydrogens (tertiary/aromatic N) is 2. The Labute approximate surface area is 158 Å². The van der Waals surface area contributed by atoms with Crippen molar-refractivity contribution in [2.75, 3.05) is 12.4 Å². The molecule has 1 N–H and O–H groups in total. The molecular weight excluding hydrogens is 346 g/mol. The number of methoxy groups -OCH3 is 1. The molecule has 2 aromatic rings. The van der Waals surface area contributed by atoms with Crippen molar-refractivity contribution < 1.29 is 14.5 Å². The zero-order valence-electron chi connectivity index (χ0n) is 15.4. The summed E-state index contributed by atoms with van der Waals surface area (Å²) in [5.41, 5.74) is 1.21. The number of rotatable bonds is 8. The molecule has 1 fully saturated rings. The molecule has 0 radical (unpaired) electrons. The van der Waals surface area contributed by atoms with Crippen molar-refractivity contribution >= 4 is 17.3 Å². The summed E-state index contributed by atoms with van der Waals surface area (Å²) in [5.74, 6) is 0.545. The van der Waals surface area contributed by atoms with E-state index in [1.165, 1.54) is 6.07 Å². The molecule has 2 aromatic carbocycles. The van der Waals surface area contributed by atoms with Gasteiger partial charge in [-0.3, -0.25) is 19.8 Å². The number of hydrogen-bond acceptors (Lipinski definition) is 5. The standard InChI is InChI=1S/C20H23N3O4/c1-14(20(24)21-18-5-3-4-6-19(18)23(25)26)22(16-9-10-16)13-15-7-11-17(27-2)12-8-15/h3-8,11-12,14,16H,9-10,13H2,1-2H3,(H,21,24)/t14-/m0/s1. The van der Waals surface area contributed by atoms with Crippen LogP contribution in [0.4, 0.5) is 11.4 Å². The van der Waals surface area contributed by atoms with Gasteiger partial charge in [0, 0.05) is 18.7 Å². The largest absolute Gasteiger partial charge is 0.497 e. The van der Waals surface area contributed by atoms with Gasteiger partial charge < -0.3 is 10.1 Å². The van der Waals surface area contributed by atoms with E-state index in [9.17, 15) is 14.9 Å². The number of para-hydroxylation sites is 2. The fourth-order valence-electron chi connectivity index (χ4n) is 3.06. The van der Waals surface area contributed by atoms with Gasteiger partial charge in [0.05, 0.1) is 18.1 Å². The molecule has 7 nitrogen and oxygen atoms in total. The average molecular weight is 369 g/mol. The summed E-state index contributed by atoms with van der Waals surface area (Å²) in [7, 11) is 1.63. The molecule has 0 heterocycles. The van der Waals surface area contributed by atoms with Crippen molar-refractivity contribution in [2.45, 2.75) is 38.4 Å². The van der Waals surface area contributed by atoms with Gasteiger partial charge in [0.1, 0.15) is 11.4 Å². The van der Waals surface area contributed by atoms with Crippen LogP contribution in [0.2, 0.25) is 0 Å². The number of hydrogen-bond donors (Lipinski definition) is 1. The molecule has 0 aromatic heterocycles. The van der Waals surface area contributed by atoms with Gasteiger partial charge in [-0.1, -0.05) is 24.3 Å². The lowest BCUT2D eigenvalue weighted by Crippen LogP contribution is -2.43. The summed E-state index contributed by atoms with van der Waals surface area (Å²) >= 11 is 0. The molecule has 1 aliphatic carbocycles. The molecular formula is C20H23N3O4. The Hall–Kier alpha value is -2.93. The number of nitrogens with one attached hydrogen (secondary N) is 1.